The summed E-state index contributed by atoms with van der Waals surface area (Å²) in [7, 11) is 0. The van der Waals surface area contributed by atoms with E-state index >= 15 is 0 Å². The first-order valence-electron chi connectivity index (χ1n) is 5.72. The fourth-order valence-electron chi connectivity index (χ4n) is 1.74. The topological polar surface area (TPSA) is 92.2 Å². The average molecular weight is 260 g/mol. The number of nitrogens with zero attached hydrogens (tertiary/aromatic N) is 1. The highest BCUT2D eigenvalue weighted by atomic mass is 16.4. The van der Waals surface area contributed by atoms with Gasteiger partial charge < -0.3 is 10.1 Å². The van der Waals surface area contributed by atoms with Gasteiger partial charge in [-0.2, -0.15) is 0 Å². The summed E-state index contributed by atoms with van der Waals surface area (Å²) in [4.78, 5) is 36.8. The van der Waals surface area contributed by atoms with Crippen LogP contribution >= 0.6 is 0 Å². The monoisotopic (exact) mass is 260 g/mol. The zero-order valence-corrected chi connectivity index (χ0v) is 10.2. The molecule has 0 amide bonds. The number of rotatable bonds is 3. The van der Waals surface area contributed by atoms with E-state index in [0.717, 1.165) is 22.7 Å². The molecule has 0 fully saturated rings. The fraction of sp³-hybridized carbons (Fsp3) is 0.154. The third-order valence-corrected chi connectivity index (χ3v) is 2.81. The minimum atomic E-state index is -1.37. The average Bonchev–Trinajstić information content (AvgIpc) is 2.39. The summed E-state index contributed by atoms with van der Waals surface area (Å²) in [6.45, 7) is 1.99. The molecule has 0 saturated heterocycles. The molecule has 2 rings (SSSR count). The predicted octanol–water partition coefficient (Wildman–Crippen LogP) is 0.786. The van der Waals surface area contributed by atoms with Crippen molar-refractivity contribution in [1.29, 1.82) is 0 Å². The molecule has 0 unspecified atom stereocenters. The Morgan fingerprint density at radius 3 is 2.42 bits per heavy atom. The van der Waals surface area contributed by atoms with Crippen LogP contribution in [-0.4, -0.2) is 20.6 Å². The molecule has 0 aliphatic rings. The summed E-state index contributed by atoms with van der Waals surface area (Å²) in [5.41, 5.74) is -0.590. The van der Waals surface area contributed by atoms with Crippen LogP contribution in [0.5, 0.6) is 0 Å². The number of nitrogens with one attached hydrogen (secondary N) is 1. The molecular weight excluding hydrogens is 248 g/mol. The lowest BCUT2D eigenvalue weighted by Gasteiger charge is -2.06. The molecule has 0 radical (unpaired) electrons. The van der Waals surface area contributed by atoms with Crippen LogP contribution in [0.2, 0.25) is 0 Å². The van der Waals surface area contributed by atoms with E-state index < -0.39 is 22.8 Å². The molecule has 19 heavy (non-hydrogen) atoms. The van der Waals surface area contributed by atoms with Gasteiger partial charge in [0.2, 0.25) is 0 Å². The number of aryl methyl sites for hydroxylation is 1. The van der Waals surface area contributed by atoms with Gasteiger partial charge in [-0.05, 0) is 24.1 Å². The summed E-state index contributed by atoms with van der Waals surface area (Å²) in [5, 5.41) is 8.87. The number of carboxylic acid groups (broad SMARTS) is 1. The van der Waals surface area contributed by atoms with Gasteiger partial charge >= 0.3 is 11.7 Å². The Hall–Kier alpha value is -2.63. The number of aromatic nitrogens is 2. The van der Waals surface area contributed by atoms with Crippen LogP contribution < -0.4 is 11.2 Å². The molecule has 0 aliphatic heterocycles. The summed E-state index contributed by atoms with van der Waals surface area (Å²) in [5.74, 6) is -1.37. The molecular formula is C13H12N2O4. The first-order valence-corrected chi connectivity index (χ1v) is 5.72. The fourth-order valence-corrected chi connectivity index (χ4v) is 1.74. The zero-order valence-electron chi connectivity index (χ0n) is 10.2. The third-order valence-electron chi connectivity index (χ3n) is 2.81. The SMILES string of the molecule is CCc1ccc(-n2c(=O)[nH]cc(C(=O)O)c2=O)cc1. The first-order chi connectivity index (χ1) is 9.04. The minimum absolute atomic E-state index is 0.339. The van der Waals surface area contributed by atoms with Gasteiger partial charge in [-0.3, -0.25) is 4.79 Å². The highest BCUT2D eigenvalue weighted by Gasteiger charge is 2.14. The van der Waals surface area contributed by atoms with Crippen LogP contribution in [0.15, 0.2) is 40.1 Å². The number of aromatic carboxylic acids is 1. The van der Waals surface area contributed by atoms with Gasteiger partial charge in [0.05, 0.1) is 5.69 Å². The molecule has 0 aliphatic carbocycles. The smallest absolute Gasteiger partial charge is 0.342 e. The molecule has 98 valence electrons. The summed E-state index contributed by atoms with van der Waals surface area (Å²) >= 11 is 0. The van der Waals surface area contributed by atoms with Crippen molar-refractivity contribution in [3.8, 4) is 5.69 Å². The van der Waals surface area contributed by atoms with Crippen molar-refractivity contribution in [1.82, 2.24) is 9.55 Å². The van der Waals surface area contributed by atoms with Crippen molar-refractivity contribution >= 4 is 5.97 Å². The number of hydrogen-bond donors (Lipinski definition) is 2. The molecule has 1 aromatic heterocycles. The summed E-state index contributed by atoms with van der Waals surface area (Å²) < 4.78 is 0.808. The third kappa shape index (κ3) is 2.33. The number of aromatic amines is 1. The van der Waals surface area contributed by atoms with Crippen LogP contribution in [0.25, 0.3) is 5.69 Å². The molecule has 2 N–H and O–H groups in total. The van der Waals surface area contributed by atoms with E-state index in [9.17, 15) is 14.4 Å². The Morgan fingerprint density at radius 1 is 1.26 bits per heavy atom. The normalized spacial score (nSPS) is 10.4. The highest BCUT2D eigenvalue weighted by molar-refractivity contribution is 5.86. The van der Waals surface area contributed by atoms with Crippen LogP contribution in [-0.2, 0) is 6.42 Å². The molecule has 1 aromatic carbocycles. The lowest BCUT2D eigenvalue weighted by molar-refractivity contribution is 0.0694. The Morgan fingerprint density at radius 2 is 1.89 bits per heavy atom. The lowest BCUT2D eigenvalue weighted by Crippen LogP contribution is -2.36. The molecule has 6 nitrogen and oxygen atoms in total. The van der Waals surface area contributed by atoms with Gasteiger partial charge in [0.15, 0.2) is 0 Å². The van der Waals surface area contributed by atoms with Crippen LogP contribution in [0.1, 0.15) is 22.8 Å². The predicted molar refractivity (Wildman–Crippen MR) is 69.0 cm³/mol. The van der Waals surface area contributed by atoms with E-state index in [1.165, 1.54) is 0 Å². The summed E-state index contributed by atoms with van der Waals surface area (Å²) in [6, 6.07) is 6.80. The molecule has 0 bridgehead atoms. The van der Waals surface area contributed by atoms with E-state index in [4.69, 9.17) is 5.11 Å². The van der Waals surface area contributed by atoms with Crippen molar-refractivity contribution in [2.45, 2.75) is 13.3 Å². The van der Waals surface area contributed by atoms with E-state index in [0.29, 0.717) is 5.69 Å². The minimum Gasteiger partial charge on any atom is -0.477 e. The molecule has 6 heteroatoms. The first kappa shape index (κ1) is 12.8. The maximum absolute atomic E-state index is 11.9. The molecule has 0 saturated carbocycles. The number of carboxylic acids is 1. The Kier molecular flexibility index (Phi) is 3.33. The van der Waals surface area contributed by atoms with Gasteiger partial charge in [-0.25, -0.2) is 14.2 Å². The van der Waals surface area contributed by atoms with E-state index in [1.807, 2.05) is 6.92 Å². The van der Waals surface area contributed by atoms with Gasteiger partial charge in [0.1, 0.15) is 5.56 Å². The standard InChI is InChI=1S/C13H12N2O4/c1-2-8-3-5-9(6-4-8)15-11(16)10(12(17)18)7-14-13(15)19/h3-7H,2H2,1H3,(H,14,19)(H,17,18). The van der Waals surface area contributed by atoms with Gasteiger partial charge in [-0.15, -0.1) is 0 Å². The molecule has 0 atom stereocenters. The maximum Gasteiger partial charge on any atom is 0.342 e. The Balaban J connectivity index is 2.67. The quantitative estimate of drug-likeness (QED) is 0.853. The van der Waals surface area contributed by atoms with Gasteiger partial charge in [0, 0.05) is 6.20 Å². The van der Waals surface area contributed by atoms with Crippen LogP contribution in [0.3, 0.4) is 0 Å². The second kappa shape index (κ2) is 4.93. The second-order valence-corrected chi connectivity index (χ2v) is 3.97. The second-order valence-electron chi connectivity index (χ2n) is 3.97. The van der Waals surface area contributed by atoms with E-state index in [1.54, 1.807) is 24.3 Å². The molecule has 0 spiro atoms. The highest BCUT2D eigenvalue weighted by Crippen LogP contribution is 2.06. The van der Waals surface area contributed by atoms with Crippen molar-refractivity contribution in [3.05, 3.63) is 62.4 Å². The zero-order chi connectivity index (χ0) is 14.0. The van der Waals surface area contributed by atoms with Crippen LogP contribution in [0, 0.1) is 0 Å². The number of benzene rings is 1. The van der Waals surface area contributed by atoms with Crippen molar-refractivity contribution < 1.29 is 9.90 Å². The van der Waals surface area contributed by atoms with Crippen LogP contribution in [0.4, 0.5) is 0 Å². The van der Waals surface area contributed by atoms with Crippen molar-refractivity contribution in [2.75, 3.05) is 0 Å². The Bertz CT molecular complexity index is 726. The number of H-pyrrole nitrogens is 1. The number of carbonyl (C=O) groups is 1. The lowest BCUT2D eigenvalue weighted by atomic mass is 10.1. The number of hydrogen-bond acceptors (Lipinski definition) is 3. The molecule has 1 heterocycles. The van der Waals surface area contributed by atoms with Gasteiger partial charge in [0.25, 0.3) is 5.56 Å². The Labute approximate surface area is 108 Å². The summed E-state index contributed by atoms with van der Waals surface area (Å²) in [6.07, 6.45) is 1.74. The van der Waals surface area contributed by atoms with Crippen molar-refractivity contribution in [2.24, 2.45) is 0 Å². The maximum atomic E-state index is 11.9. The van der Waals surface area contributed by atoms with E-state index in [-0.39, 0.29) is 0 Å². The van der Waals surface area contributed by atoms with Gasteiger partial charge in [-0.1, -0.05) is 19.1 Å². The van der Waals surface area contributed by atoms with Crippen molar-refractivity contribution in [3.63, 3.8) is 0 Å². The largest absolute Gasteiger partial charge is 0.477 e. The van der Waals surface area contributed by atoms with E-state index in [2.05, 4.69) is 4.98 Å². The molecule has 2 aromatic rings.